The summed E-state index contributed by atoms with van der Waals surface area (Å²) >= 11 is 0. The molecule has 180 valence electrons. The van der Waals surface area contributed by atoms with Crippen molar-refractivity contribution in [1.29, 1.82) is 0 Å². The Bertz CT molecular complexity index is 816. The van der Waals surface area contributed by atoms with Crippen LogP contribution in [0.15, 0.2) is 11.6 Å². The topological polar surface area (TPSA) is 57.2 Å². The lowest BCUT2D eigenvalue weighted by Gasteiger charge is -2.67. The highest BCUT2D eigenvalue weighted by Crippen LogP contribution is 2.73. The van der Waals surface area contributed by atoms with Gasteiger partial charge in [0.15, 0.2) is 11.6 Å². The summed E-state index contributed by atoms with van der Waals surface area (Å²) in [5.41, 5.74) is 0.222. The van der Waals surface area contributed by atoms with Crippen molar-refractivity contribution in [3.63, 3.8) is 0 Å². The maximum atomic E-state index is 12.8. The monoisotopic (exact) mass is 446 g/mol. The molecule has 6 aliphatic rings. The lowest BCUT2D eigenvalue weighted by Crippen LogP contribution is -2.69. The second-order valence-corrected chi connectivity index (χ2v) is 13.2. The third-order valence-electron chi connectivity index (χ3n) is 11.0. The Morgan fingerprint density at radius 1 is 0.938 bits per heavy atom. The Morgan fingerprint density at radius 3 is 2.25 bits per heavy atom. The third-order valence-corrected chi connectivity index (χ3v) is 11.0. The summed E-state index contributed by atoms with van der Waals surface area (Å²) in [6.45, 7) is 14.3. The zero-order valence-electron chi connectivity index (χ0n) is 20.7. The van der Waals surface area contributed by atoms with Crippen LogP contribution in [-0.2, 0) is 18.9 Å². The molecule has 3 saturated carbocycles. The lowest BCUT2D eigenvalue weighted by atomic mass is 9.40. The summed E-state index contributed by atoms with van der Waals surface area (Å²) in [5, 5.41) is 12.8. The van der Waals surface area contributed by atoms with Gasteiger partial charge in [-0.2, -0.15) is 0 Å². The summed E-state index contributed by atoms with van der Waals surface area (Å²) in [4.78, 5) is 0. The van der Waals surface area contributed by atoms with Crippen LogP contribution in [0.2, 0.25) is 0 Å². The third kappa shape index (κ3) is 2.58. The number of rotatable bonds is 0. The number of aliphatic hydroxyl groups is 1. The molecule has 0 aromatic carbocycles. The van der Waals surface area contributed by atoms with Crippen LogP contribution >= 0.6 is 0 Å². The Labute approximate surface area is 193 Å². The predicted octanol–water partition coefficient (Wildman–Crippen LogP) is 4.82. The minimum Gasteiger partial charge on any atom is -0.389 e. The van der Waals surface area contributed by atoms with Crippen molar-refractivity contribution < 1.29 is 24.1 Å². The Kier molecular flexibility index (Phi) is 4.54. The molecule has 5 fully saturated rings. The van der Waals surface area contributed by atoms with Crippen LogP contribution in [0.1, 0.15) is 79.6 Å². The molecule has 0 aromatic heterocycles. The molecule has 2 heterocycles. The first-order valence-corrected chi connectivity index (χ1v) is 13.0. The minimum atomic E-state index is -0.800. The molecule has 5 heteroatoms. The van der Waals surface area contributed by atoms with Gasteiger partial charge in [-0.3, -0.25) is 0 Å². The standard InChI is InChI=1S/C27H42O5/c1-22(2,3)26(28)17-24(5)20(8-9-27(24)31-14-15-32-27)19-7-6-18-16-25(29-12-13-30-25)11-10-23(18,4)21(19)26/h6,19-21,28H,7-17H2,1-5H3/t19-,20-,21-,23-,24-,26-/m0/s1. The van der Waals surface area contributed by atoms with Crippen molar-refractivity contribution in [3.05, 3.63) is 11.6 Å². The molecule has 6 rings (SSSR count). The van der Waals surface area contributed by atoms with E-state index in [1.807, 2.05) is 0 Å². The SMILES string of the molecule is CC(C)(C)[C@]1(O)C[C@@]2(C)[C@@H](CCC23OCCO3)[C@@H]2CC=C3CC4(CC[C@]3(C)[C@H]21)OCCO4. The summed E-state index contributed by atoms with van der Waals surface area (Å²) in [6, 6.07) is 0. The largest absolute Gasteiger partial charge is 0.389 e. The fraction of sp³-hybridized carbons (Fsp3) is 0.926. The maximum absolute atomic E-state index is 12.8. The van der Waals surface area contributed by atoms with E-state index in [1.165, 1.54) is 5.57 Å². The zero-order valence-corrected chi connectivity index (χ0v) is 20.7. The molecule has 0 bridgehead atoms. The van der Waals surface area contributed by atoms with Crippen LogP contribution in [0.3, 0.4) is 0 Å². The van der Waals surface area contributed by atoms with Crippen molar-refractivity contribution in [3.8, 4) is 0 Å². The molecule has 2 aliphatic heterocycles. The molecule has 0 radical (unpaired) electrons. The molecular weight excluding hydrogens is 404 g/mol. The van der Waals surface area contributed by atoms with Gasteiger partial charge in [-0.05, 0) is 48.3 Å². The second kappa shape index (κ2) is 6.60. The number of hydrogen-bond donors (Lipinski definition) is 1. The summed E-state index contributed by atoms with van der Waals surface area (Å²) < 4.78 is 25.0. The van der Waals surface area contributed by atoms with Crippen molar-refractivity contribution >= 4 is 0 Å². The number of ether oxygens (including phenoxy) is 4. The van der Waals surface area contributed by atoms with E-state index in [9.17, 15) is 5.11 Å². The van der Waals surface area contributed by atoms with Crippen LogP contribution in [0, 0.1) is 34.0 Å². The van der Waals surface area contributed by atoms with E-state index >= 15 is 0 Å². The van der Waals surface area contributed by atoms with Crippen LogP contribution in [0.25, 0.3) is 0 Å². The van der Waals surface area contributed by atoms with E-state index in [-0.39, 0.29) is 22.2 Å². The molecule has 2 saturated heterocycles. The first-order chi connectivity index (χ1) is 15.0. The van der Waals surface area contributed by atoms with Gasteiger partial charge >= 0.3 is 0 Å². The Balaban J connectivity index is 1.46. The normalized spacial score (nSPS) is 49.1. The van der Waals surface area contributed by atoms with Gasteiger partial charge in [-0.25, -0.2) is 0 Å². The molecule has 4 aliphatic carbocycles. The van der Waals surface area contributed by atoms with Crippen molar-refractivity contribution in [2.45, 2.75) is 96.7 Å². The van der Waals surface area contributed by atoms with Gasteiger partial charge in [0.05, 0.1) is 32.0 Å². The van der Waals surface area contributed by atoms with Gasteiger partial charge in [0.1, 0.15) is 0 Å². The van der Waals surface area contributed by atoms with Gasteiger partial charge in [0.25, 0.3) is 0 Å². The van der Waals surface area contributed by atoms with Gasteiger partial charge in [-0.1, -0.05) is 46.3 Å². The second-order valence-electron chi connectivity index (χ2n) is 13.2. The first-order valence-electron chi connectivity index (χ1n) is 13.0. The van der Waals surface area contributed by atoms with Crippen molar-refractivity contribution in [2.75, 3.05) is 26.4 Å². The average molecular weight is 447 g/mol. The van der Waals surface area contributed by atoms with Crippen molar-refractivity contribution in [2.24, 2.45) is 34.0 Å². The highest BCUT2D eigenvalue weighted by atomic mass is 16.7. The number of allylic oxidation sites excluding steroid dienone is 1. The van der Waals surface area contributed by atoms with E-state index in [0.29, 0.717) is 38.3 Å². The molecule has 6 atom stereocenters. The molecule has 0 amide bonds. The van der Waals surface area contributed by atoms with Gasteiger partial charge < -0.3 is 24.1 Å². The van der Waals surface area contributed by atoms with Crippen LogP contribution in [0.5, 0.6) is 0 Å². The Hall–Kier alpha value is -0.460. The van der Waals surface area contributed by atoms with E-state index in [1.54, 1.807) is 0 Å². The fourth-order valence-corrected chi connectivity index (χ4v) is 9.27. The summed E-state index contributed by atoms with van der Waals surface area (Å²) in [5.74, 6) is 0.235. The summed E-state index contributed by atoms with van der Waals surface area (Å²) in [7, 11) is 0. The molecule has 5 nitrogen and oxygen atoms in total. The quantitative estimate of drug-likeness (QED) is 0.541. The highest BCUT2D eigenvalue weighted by molar-refractivity contribution is 5.31. The maximum Gasteiger partial charge on any atom is 0.174 e. The first kappa shape index (κ1) is 22.0. The molecule has 1 N–H and O–H groups in total. The fourth-order valence-electron chi connectivity index (χ4n) is 9.27. The van der Waals surface area contributed by atoms with Crippen LogP contribution in [-0.4, -0.2) is 48.7 Å². The van der Waals surface area contributed by atoms with E-state index in [4.69, 9.17) is 18.9 Å². The lowest BCUT2D eigenvalue weighted by molar-refractivity contribution is -0.295. The van der Waals surface area contributed by atoms with E-state index in [2.05, 4.69) is 40.7 Å². The van der Waals surface area contributed by atoms with Gasteiger partial charge in [0, 0.05) is 30.6 Å². The van der Waals surface area contributed by atoms with Crippen LogP contribution < -0.4 is 0 Å². The average Bonchev–Trinajstić information content (AvgIpc) is 3.43. The van der Waals surface area contributed by atoms with Gasteiger partial charge in [-0.15, -0.1) is 0 Å². The minimum absolute atomic E-state index is 0.0278. The van der Waals surface area contributed by atoms with Crippen molar-refractivity contribution in [1.82, 2.24) is 0 Å². The number of fused-ring (bicyclic) bond motifs is 6. The molecular formula is C27H42O5. The molecule has 0 unspecified atom stereocenters. The zero-order chi connectivity index (χ0) is 22.6. The predicted molar refractivity (Wildman–Crippen MR) is 121 cm³/mol. The molecule has 2 spiro atoms. The Morgan fingerprint density at radius 2 is 1.59 bits per heavy atom. The highest BCUT2D eigenvalue weighted by Gasteiger charge is 2.74. The smallest absolute Gasteiger partial charge is 0.174 e. The van der Waals surface area contributed by atoms with E-state index in [0.717, 1.165) is 44.9 Å². The van der Waals surface area contributed by atoms with Crippen LogP contribution in [0.4, 0.5) is 0 Å². The molecule has 0 aromatic rings. The summed E-state index contributed by atoms with van der Waals surface area (Å²) in [6.07, 6.45) is 9.15. The van der Waals surface area contributed by atoms with Gasteiger partial charge in [0.2, 0.25) is 0 Å². The van der Waals surface area contributed by atoms with E-state index < -0.39 is 17.2 Å². The molecule has 32 heavy (non-hydrogen) atoms. The number of hydrogen-bond acceptors (Lipinski definition) is 5.